The Morgan fingerprint density at radius 3 is 2.30 bits per heavy atom. The topological polar surface area (TPSA) is 88.6 Å². The predicted molar refractivity (Wildman–Crippen MR) is 134 cm³/mol. The van der Waals surface area contributed by atoms with Crippen LogP contribution in [0.2, 0.25) is 0 Å². The van der Waals surface area contributed by atoms with Crippen LogP contribution >= 0.6 is 11.3 Å². The number of aliphatic carboxylic acids is 1. The number of nitrogens with zero attached hydrogens (tertiary/aromatic N) is 2. The molecule has 0 bridgehead atoms. The van der Waals surface area contributed by atoms with Crippen molar-refractivity contribution < 1.29 is 37.4 Å². The van der Waals surface area contributed by atoms with Gasteiger partial charge in [-0.15, -0.1) is 11.3 Å². The minimum absolute atomic E-state index is 0.0391. The number of aromatic nitrogens is 1. The molecule has 0 radical (unpaired) electrons. The molecule has 0 saturated heterocycles. The number of carboxylic acid groups (broad SMARTS) is 1. The zero-order chi connectivity index (χ0) is 27.0. The quantitative estimate of drug-likeness (QED) is 0.353. The average Bonchev–Trinajstić information content (AvgIpc) is 3.36. The molecule has 0 unspecified atom stereocenters. The first-order chi connectivity index (χ1) is 17.4. The molecule has 0 saturated carbocycles. The van der Waals surface area contributed by atoms with Gasteiger partial charge in [0.05, 0.1) is 43.5 Å². The SMILES string of the molecule is COc1cc2sc(CCC(=O)C3(CC(=O)[O-])Cc4cc(F)c(F)cc4C3)nc2cc1OCC[N+](C)(C)C. The second-order valence-electron chi connectivity index (χ2n) is 10.6. The van der Waals surface area contributed by atoms with E-state index in [2.05, 4.69) is 26.1 Å². The lowest BCUT2D eigenvalue weighted by molar-refractivity contribution is -0.870. The third-order valence-electron chi connectivity index (χ3n) is 6.68. The molecule has 2 aromatic carbocycles. The van der Waals surface area contributed by atoms with Crippen LogP contribution in [0, 0.1) is 17.0 Å². The van der Waals surface area contributed by atoms with Gasteiger partial charge in [0.2, 0.25) is 0 Å². The number of carbonyl (C=O) groups is 2. The molecule has 0 spiro atoms. The van der Waals surface area contributed by atoms with Gasteiger partial charge in [0.1, 0.15) is 18.9 Å². The number of benzene rings is 2. The van der Waals surface area contributed by atoms with Crippen LogP contribution in [0.25, 0.3) is 10.2 Å². The van der Waals surface area contributed by atoms with E-state index in [1.165, 1.54) is 11.3 Å². The Morgan fingerprint density at radius 2 is 1.73 bits per heavy atom. The van der Waals surface area contributed by atoms with Crippen molar-refractivity contribution in [2.75, 3.05) is 41.4 Å². The van der Waals surface area contributed by atoms with Gasteiger partial charge in [-0.1, -0.05) is 0 Å². The van der Waals surface area contributed by atoms with Crippen LogP contribution in [0.4, 0.5) is 8.78 Å². The number of fused-ring (bicyclic) bond motifs is 2. The summed E-state index contributed by atoms with van der Waals surface area (Å²) in [6, 6.07) is 5.78. The molecule has 37 heavy (non-hydrogen) atoms. The highest BCUT2D eigenvalue weighted by Crippen LogP contribution is 2.42. The molecule has 10 heteroatoms. The van der Waals surface area contributed by atoms with Crippen molar-refractivity contribution in [3.05, 3.63) is 52.0 Å². The fourth-order valence-electron chi connectivity index (χ4n) is 4.73. The van der Waals surface area contributed by atoms with Crippen LogP contribution in [0.15, 0.2) is 24.3 Å². The van der Waals surface area contributed by atoms with Gasteiger partial charge in [-0.2, -0.15) is 0 Å². The van der Waals surface area contributed by atoms with E-state index in [1.54, 1.807) is 7.11 Å². The van der Waals surface area contributed by atoms with Gasteiger partial charge in [-0.3, -0.25) is 4.79 Å². The molecule has 4 rings (SSSR count). The predicted octanol–water partition coefficient (Wildman–Crippen LogP) is 3.10. The number of hydrogen-bond donors (Lipinski definition) is 0. The molecule has 0 amide bonds. The molecule has 3 aromatic rings. The van der Waals surface area contributed by atoms with Crippen LogP contribution in [0.1, 0.15) is 29.0 Å². The molecule has 1 aliphatic rings. The molecule has 0 fully saturated rings. The lowest BCUT2D eigenvalue weighted by atomic mass is 9.76. The number of ether oxygens (including phenoxy) is 2. The molecule has 1 aliphatic carbocycles. The number of aryl methyl sites for hydroxylation is 1. The molecule has 0 aliphatic heterocycles. The van der Waals surface area contributed by atoms with E-state index in [1.807, 2.05) is 12.1 Å². The summed E-state index contributed by atoms with van der Waals surface area (Å²) in [4.78, 5) is 29.5. The average molecular weight is 533 g/mol. The Hall–Kier alpha value is -3.11. The number of ketones is 1. The van der Waals surface area contributed by atoms with Crippen molar-refractivity contribution in [2.24, 2.45) is 5.41 Å². The van der Waals surface area contributed by atoms with Crippen LogP contribution < -0.4 is 14.6 Å². The number of rotatable bonds is 11. The Kier molecular flexibility index (Phi) is 7.52. The Balaban J connectivity index is 1.50. The van der Waals surface area contributed by atoms with Gasteiger partial charge in [0.25, 0.3) is 0 Å². The third kappa shape index (κ3) is 6.07. The Bertz CT molecular complexity index is 1320. The zero-order valence-electron chi connectivity index (χ0n) is 21.4. The lowest BCUT2D eigenvalue weighted by Gasteiger charge is -2.28. The molecular formula is C27H30F2N2O5S. The van der Waals surface area contributed by atoms with Crippen molar-refractivity contribution >= 4 is 33.3 Å². The van der Waals surface area contributed by atoms with Gasteiger partial charge < -0.3 is 23.9 Å². The monoisotopic (exact) mass is 532 g/mol. The van der Waals surface area contributed by atoms with E-state index in [0.717, 1.165) is 33.4 Å². The first-order valence-electron chi connectivity index (χ1n) is 12.0. The van der Waals surface area contributed by atoms with Crippen molar-refractivity contribution in [3.63, 3.8) is 0 Å². The van der Waals surface area contributed by atoms with E-state index in [0.29, 0.717) is 40.7 Å². The number of carboxylic acids is 1. The third-order valence-corrected chi connectivity index (χ3v) is 7.76. The van der Waals surface area contributed by atoms with Crippen LogP contribution in [0.3, 0.4) is 0 Å². The lowest BCUT2D eigenvalue weighted by Crippen LogP contribution is -2.39. The van der Waals surface area contributed by atoms with Gasteiger partial charge in [-0.25, -0.2) is 13.8 Å². The maximum atomic E-state index is 13.7. The fourth-order valence-corrected chi connectivity index (χ4v) is 5.70. The normalized spacial score (nSPS) is 14.5. The zero-order valence-corrected chi connectivity index (χ0v) is 22.2. The van der Waals surface area contributed by atoms with Crippen LogP contribution in [-0.4, -0.2) is 62.6 Å². The number of Topliss-reactive ketones (excluding diaryl/α,β-unsaturated/α-hetero) is 1. The van der Waals surface area contributed by atoms with Gasteiger partial charge in [-0.05, 0) is 36.1 Å². The van der Waals surface area contributed by atoms with Gasteiger partial charge in [0.15, 0.2) is 23.1 Å². The van der Waals surface area contributed by atoms with E-state index in [-0.39, 0.29) is 25.0 Å². The summed E-state index contributed by atoms with van der Waals surface area (Å²) in [6.07, 6.45) is -0.0639. The molecule has 1 heterocycles. The molecule has 7 nitrogen and oxygen atoms in total. The number of likely N-dealkylation sites (N-methyl/N-ethyl adjacent to an activating group) is 1. The van der Waals surface area contributed by atoms with Gasteiger partial charge in [0, 0.05) is 42.8 Å². The molecule has 0 atom stereocenters. The van der Waals surface area contributed by atoms with Crippen LogP contribution in [-0.2, 0) is 28.9 Å². The maximum Gasteiger partial charge on any atom is 0.163 e. The van der Waals surface area contributed by atoms with Crippen molar-refractivity contribution in [2.45, 2.75) is 32.1 Å². The number of methoxy groups -OCH3 is 1. The summed E-state index contributed by atoms with van der Waals surface area (Å²) >= 11 is 1.42. The smallest absolute Gasteiger partial charge is 0.163 e. The first kappa shape index (κ1) is 26.9. The van der Waals surface area contributed by atoms with E-state index in [9.17, 15) is 23.5 Å². The highest BCUT2D eigenvalue weighted by atomic mass is 32.1. The van der Waals surface area contributed by atoms with E-state index < -0.39 is 29.4 Å². The molecular weight excluding hydrogens is 502 g/mol. The maximum absolute atomic E-state index is 13.7. The molecule has 0 N–H and O–H groups in total. The highest BCUT2D eigenvalue weighted by Gasteiger charge is 2.43. The standard InChI is InChI=1S/C27H30F2N2O5S/c1-31(2,3)7-8-36-22-11-20-23(12-21(22)35-4)37-25(30-20)6-5-24(32)27(15-26(33)34)13-16-9-18(28)19(29)10-17(16)14-27/h9-12H,5-8,13-15H2,1-4H3. The van der Waals surface area contributed by atoms with E-state index >= 15 is 0 Å². The van der Waals surface area contributed by atoms with Crippen LogP contribution in [0.5, 0.6) is 11.5 Å². The summed E-state index contributed by atoms with van der Waals surface area (Å²) in [5.41, 5.74) is 0.349. The number of quaternary nitrogens is 1. The summed E-state index contributed by atoms with van der Waals surface area (Å²) in [6.45, 7) is 1.32. The largest absolute Gasteiger partial charge is 0.550 e. The second kappa shape index (κ2) is 10.3. The van der Waals surface area contributed by atoms with Crippen molar-refractivity contribution in [3.8, 4) is 11.5 Å². The van der Waals surface area contributed by atoms with Gasteiger partial charge >= 0.3 is 0 Å². The summed E-state index contributed by atoms with van der Waals surface area (Å²) < 4.78 is 40.6. The number of hydrogen-bond acceptors (Lipinski definition) is 7. The van der Waals surface area contributed by atoms with Crippen molar-refractivity contribution in [1.29, 1.82) is 0 Å². The summed E-state index contributed by atoms with van der Waals surface area (Å²) in [5, 5.41) is 12.2. The summed E-state index contributed by atoms with van der Waals surface area (Å²) in [5.74, 6) is -2.49. The van der Waals surface area contributed by atoms with Crippen molar-refractivity contribution in [1.82, 2.24) is 4.98 Å². The fraction of sp³-hybridized carbons (Fsp3) is 0.444. The first-order valence-corrected chi connectivity index (χ1v) is 12.8. The van der Waals surface area contributed by atoms with E-state index in [4.69, 9.17) is 9.47 Å². The molecule has 1 aromatic heterocycles. The Morgan fingerprint density at radius 1 is 1.08 bits per heavy atom. The summed E-state index contributed by atoms with van der Waals surface area (Å²) in [7, 11) is 7.81. The number of carbonyl (C=O) groups excluding carboxylic acids is 2. The minimum atomic E-state index is -1.37. The number of thiazole rings is 1. The Labute approximate surface area is 218 Å². The minimum Gasteiger partial charge on any atom is -0.550 e. The molecule has 198 valence electrons. The highest BCUT2D eigenvalue weighted by molar-refractivity contribution is 7.18. The second-order valence-corrected chi connectivity index (χ2v) is 11.7. The number of halogens is 2.